The van der Waals surface area contributed by atoms with Crippen molar-refractivity contribution in [3.8, 4) is 0 Å². The molecule has 9 heteroatoms. The summed E-state index contributed by atoms with van der Waals surface area (Å²) in [7, 11) is 0. The average Bonchev–Trinajstić information content (AvgIpc) is 3.52. The van der Waals surface area contributed by atoms with Crippen molar-refractivity contribution in [3.63, 3.8) is 0 Å². The molecule has 0 radical (unpaired) electrons. The fourth-order valence-corrected chi connectivity index (χ4v) is 3.67. The van der Waals surface area contributed by atoms with Crippen LogP contribution >= 0.6 is 0 Å². The largest absolute Gasteiger partial charge is 0.450 e. The Morgan fingerprint density at radius 2 is 1.57 bits per heavy atom. The summed E-state index contributed by atoms with van der Waals surface area (Å²) in [5.74, 6) is 0.225. The number of hydrogen-bond donors (Lipinski definition) is 1. The van der Waals surface area contributed by atoms with Crippen molar-refractivity contribution in [1.29, 1.82) is 0 Å². The molecule has 1 N–H and O–H groups in total. The second-order valence-electron chi connectivity index (χ2n) is 7.84. The van der Waals surface area contributed by atoms with Crippen LogP contribution in [0, 0.1) is 0 Å². The van der Waals surface area contributed by atoms with E-state index in [1.807, 2.05) is 11.8 Å². The highest BCUT2D eigenvalue weighted by Gasteiger charge is 2.31. The van der Waals surface area contributed by atoms with Gasteiger partial charge in [-0.3, -0.25) is 19.4 Å². The minimum absolute atomic E-state index is 0.108. The van der Waals surface area contributed by atoms with Gasteiger partial charge in [0.15, 0.2) is 0 Å². The van der Waals surface area contributed by atoms with Crippen molar-refractivity contribution < 1.29 is 19.1 Å². The first-order valence-electron chi connectivity index (χ1n) is 10.4. The van der Waals surface area contributed by atoms with Crippen LogP contribution in [0.4, 0.5) is 4.79 Å². The molecule has 2 saturated heterocycles. The number of rotatable bonds is 6. The second kappa shape index (κ2) is 9.56. The molecule has 1 saturated carbocycles. The summed E-state index contributed by atoms with van der Waals surface area (Å²) in [5.41, 5.74) is 0. The van der Waals surface area contributed by atoms with Gasteiger partial charge in [0.25, 0.3) is 0 Å². The average molecular weight is 396 g/mol. The zero-order valence-electron chi connectivity index (χ0n) is 17.1. The maximum Gasteiger partial charge on any atom is 0.409 e. The number of piperazine rings is 2. The highest BCUT2D eigenvalue weighted by atomic mass is 16.6. The van der Waals surface area contributed by atoms with E-state index >= 15 is 0 Å². The van der Waals surface area contributed by atoms with Crippen LogP contribution in [-0.2, 0) is 14.3 Å². The first-order chi connectivity index (χ1) is 13.5. The summed E-state index contributed by atoms with van der Waals surface area (Å²) in [6, 6.07) is 0.271. The van der Waals surface area contributed by atoms with E-state index in [0.717, 1.165) is 39.0 Å². The lowest BCUT2D eigenvalue weighted by atomic mass is 10.2. The molecule has 28 heavy (non-hydrogen) atoms. The monoisotopic (exact) mass is 395 g/mol. The van der Waals surface area contributed by atoms with E-state index in [1.54, 1.807) is 11.8 Å². The lowest BCUT2D eigenvalue weighted by molar-refractivity contribution is -0.135. The highest BCUT2D eigenvalue weighted by molar-refractivity contribution is 5.82. The fourth-order valence-electron chi connectivity index (χ4n) is 3.67. The van der Waals surface area contributed by atoms with Crippen LogP contribution in [-0.4, -0.2) is 115 Å². The van der Waals surface area contributed by atoms with Crippen LogP contribution in [0.15, 0.2) is 0 Å². The molecule has 2 aliphatic heterocycles. The number of carbonyl (C=O) groups is 3. The van der Waals surface area contributed by atoms with Crippen molar-refractivity contribution in [1.82, 2.24) is 24.9 Å². The maximum atomic E-state index is 12.6. The van der Waals surface area contributed by atoms with E-state index in [0.29, 0.717) is 45.4 Å². The normalized spacial score (nSPS) is 22.6. The number of ether oxygens (including phenoxy) is 1. The Morgan fingerprint density at radius 1 is 0.964 bits per heavy atom. The van der Waals surface area contributed by atoms with Crippen LogP contribution in [0.2, 0.25) is 0 Å². The summed E-state index contributed by atoms with van der Waals surface area (Å²) < 4.78 is 5.01. The number of carbonyl (C=O) groups excluding carboxylic acids is 3. The molecule has 0 aromatic heterocycles. The summed E-state index contributed by atoms with van der Waals surface area (Å²) >= 11 is 0. The number of nitrogens with one attached hydrogen (secondary N) is 1. The van der Waals surface area contributed by atoms with Crippen molar-refractivity contribution >= 4 is 17.9 Å². The van der Waals surface area contributed by atoms with E-state index < -0.39 is 0 Å². The molecule has 3 fully saturated rings. The zero-order valence-corrected chi connectivity index (χ0v) is 17.1. The van der Waals surface area contributed by atoms with Gasteiger partial charge in [0.05, 0.1) is 19.2 Å². The Labute approximate surface area is 166 Å². The summed E-state index contributed by atoms with van der Waals surface area (Å²) in [5, 5.41) is 3.06. The molecule has 3 amide bonds. The van der Waals surface area contributed by atoms with Crippen molar-refractivity contribution in [2.24, 2.45) is 0 Å². The van der Waals surface area contributed by atoms with Gasteiger partial charge in [-0.15, -0.1) is 0 Å². The van der Waals surface area contributed by atoms with Gasteiger partial charge in [0.1, 0.15) is 0 Å². The standard InChI is InChI=1S/C19H33N5O4/c1-3-28-19(27)24-12-10-23(11-13-24)17(25)14-21-6-8-22(9-7-21)15(2)18(26)20-16-4-5-16/h15-16H,3-14H2,1-2H3,(H,20,26). The van der Waals surface area contributed by atoms with Crippen LogP contribution in [0.25, 0.3) is 0 Å². The first kappa shape index (κ1) is 20.9. The Hall–Kier alpha value is -1.87. The minimum atomic E-state index is -0.300. The second-order valence-corrected chi connectivity index (χ2v) is 7.84. The van der Waals surface area contributed by atoms with Gasteiger partial charge in [-0.05, 0) is 26.7 Å². The molecule has 3 aliphatic rings. The Balaban J connectivity index is 1.36. The molecular weight excluding hydrogens is 362 g/mol. The van der Waals surface area contributed by atoms with Gasteiger partial charge in [-0.25, -0.2) is 4.79 Å². The lowest BCUT2D eigenvalue weighted by Gasteiger charge is -2.39. The fraction of sp³-hybridized carbons (Fsp3) is 0.842. The Morgan fingerprint density at radius 3 is 2.14 bits per heavy atom. The topological polar surface area (TPSA) is 85.4 Å². The maximum absolute atomic E-state index is 12.6. The van der Waals surface area contributed by atoms with Gasteiger partial charge in [0, 0.05) is 58.4 Å². The van der Waals surface area contributed by atoms with E-state index in [4.69, 9.17) is 4.74 Å². The van der Waals surface area contributed by atoms with Crippen LogP contribution < -0.4 is 5.32 Å². The molecule has 0 aromatic rings. The molecule has 2 heterocycles. The van der Waals surface area contributed by atoms with E-state index in [1.165, 1.54) is 0 Å². The zero-order chi connectivity index (χ0) is 20.1. The quantitative estimate of drug-likeness (QED) is 0.657. The smallest absolute Gasteiger partial charge is 0.409 e. The molecule has 0 spiro atoms. The molecule has 0 bridgehead atoms. The van der Waals surface area contributed by atoms with Crippen LogP contribution in [0.3, 0.4) is 0 Å². The summed E-state index contributed by atoms with van der Waals surface area (Å²) in [4.78, 5) is 44.4. The molecule has 0 aromatic carbocycles. The lowest BCUT2D eigenvalue weighted by Crippen LogP contribution is -2.57. The summed E-state index contributed by atoms with van der Waals surface area (Å²) in [6.07, 6.45) is 1.90. The van der Waals surface area contributed by atoms with Gasteiger partial charge < -0.3 is 19.9 Å². The minimum Gasteiger partial charge on any atom is -0.450 e. The molecular formula is C19H33N5O4. The Bertz CT molecular complexity index is 567. The number of nitrogens with zero attached hydrogens (tertiary/aromatic N) is 4. The van der Waals surface area contributed by atoms with Crippen molar-refractivity contribution in [2.45, 2.75) is 38.8 Å². The highest BCUT2D eigenvalue weighted by Crippen LogP contribution is 2.19. The van der Waals surface area contributed by atoms with Crippen molar-refractivity contribution in [3.05, 3.63) is 0 Å². The van der Waals surface area contributed by atoms with Gasteiger partial charge in [-0.1, -0.05) is 0 Å². The predicted molar refractivity (Wildman–Crippen MR) is 104 cm³/mol. The summed E-state index contributed by atoms with van der Waals surface area (Å²) in [6.45, 7) is 9.82. The predicted octanol–water partition coefficient (Wildman–Crippen LogP) is -0.428. The van der Waals surface area contributed by atoms with E-state index in [-0.39, 0.29) is 23.9 Å². The molecule has 9 nitrogen and oxygen atoms in total. The molecule has 1 atom stereocenters. The first-order valence-corrected chi connectivity index (χ1v) is 10.4. The van der Waals surface area contributed by atoms with Gasteiger partial charge in [0.2, 0.25) is 11.8 Å². The molecule has 3 rings (SSSR count). The molecule has 1 unspecified atom stereocenters. The van der Waals surface area contributed by atoms with Gasteiger partial charge in [-0.2, -0.15) is 0 Å². The van der Waals surface area contributed by atoms with Gasteiger partial charge >= 0.3 is 6.09 Å². The SMILES string of the molecule is CCOC(=O)N1CCN(C(=O)CN2CCN(C(C)C(=O)NC3CC3)CC2)CC1. The van der Waals surface area contributed by atoms with E-state index in [2.05, 4.69) is 15.1 Å². The third-order valence-electron chi connectivity index (χ3n) is 5.78. The third kappa shape index (κ3) is 5.57. The third-order valence-corrected chi connectivity index (χ3v) is 5.78. The Kier molecular flexibility index (Phi) is 7.12. The van der Waals surface area contributed by atoms with E-state index in [9.17, 15) is 14.4 Å². The molecule has 1 aliphatic carbocycles. The van der Waals surface area contributed by atoms with Crippen molar-refractivity contribution in [2.75, 3.05) is 65.5 Å². The number of hydrogen-bond acceptors (Lipinski definition) is 6. The van der Waals surface area contributed by atoms with Crippen LogP contribution in [0.5, 0.6) is 0 Å². The number of amides is 3. The molecule has 158 valence electrons. The van der Waals surface area contributed by atoms with Crippen LogP contribution in [0.1, 0.15) is 26.7 Å².